The molecule has 0 unspecified atom stereocenters. The predicted molar refractivity (Wildman–Crippen MR) is 79.3 cm³/mol. The van der Waals surface area contributed by atoms with Crippen LogP contribution in [-0.2, 0) is 24.9 Å². The van der Waals surface area contributed by atoms with Crippen LogP contribution in [0.3, 0.4) is 0 Å². The molecule has 6 nitrogen and oxygen atoms in total. The number of hydrogen-bond acceptors (Lipinski definition) is 3. The summed E-state index contributed by atoms with van der Waals surface area (Å²) in [7, 11) is 1.79. The summed E-state index contributed by atoms with van der Waals surface area (Å²) in [5, 5.41) is 11.7. The van der Waals surface area contributed by atoms with Gasteiger partial charge in [-0.25, -0.2) is 0 Å². The van der Waals surface area contributed by atoms with Gasteiger partial charge in [0.1, 0.15) is 0 Å². The van der Waals surface area contributed by atoms with Crippen molar-refractivity contribution in [1.29, 1.82) is 0 Å². The third-order valence-electron chi connectivity index (χ3n) is 2.92. The Labute approximate surface area is 130 Å². The quantitative estimate of drug-likeness (QED) is 0.887. The van der Waals surface area contributed by atoms with Crippen molar-refractivity contribution < 1.29 is 4.79 Å². The van der Waals surface area contributed by atoms with Crippen molar-refractivity contribution in [3.05, 3.63) is 33.3 Å². The monoisotopic (exact) mass is 359 g/mol. The van der Waals surface area contributed by atoms with Crippen LogP contribution in [0.15, 0.2) is 16.9 Å². The van der Waals surface area contributed by atoms with E-state index in [4.69, 9.17) is 11.6 Å². The van der Waals surface area contributed by atoms with E-state index in [1.54, 1.807) is 22.6 Å². The number of carbonyl (C=O) groups excluding carboxylic acids is 1. The van der Waals surface area contributed by atoms with Crippen molar-refractivity contribution in [3.8, 4) is 0 Å². The normalized spacial score (nSPS) is 10.8. The van der Waals surface area contributed by atoms with Gasteiger partial charge in [0.15, 0.2) is 0 Å². The second-order valence-corrected chi connectivity index (χ2v) is 5.68. The molecule has 1 amide bonds. The van der Waals surface area contributed by atoms with Crippen LogP contribution in [0.25, 0.3) is 0 Å². The van der Waals surface area contributed by atoms with E-state index >= 15 is 0 Å². The first-order valence-electron chi connectivity index (χ1n) is 6.10. The number of carbonyl (C=O) groups is 1. The van der Waals surface area contributed by atoms with Gasteiger partial charge >= 0.3 is 0 Å². The topological polar surface area (TPSA) is 64.7 Å². The molecule has 0 fully saturated rings. The van der Waals surface area contributed by atoms with Crippen molar-refractivity contribution in [1.82, 2.24) is 24.9 Å². The average Bonchev–Trinajstić information content (AvgIpc) is 2.89. The highest BCUT2D eigenvalue weighted by atomic mass is 79.9. The maximum absolute atomic E-state index is 11.8. The van der Waals surface area contributed by atoms with Gasteiger partial charge in [-0.3, -0.25) is 14.2 Å². The molecule has 2 rings (SSSR count). The van der Waals surface area contributed by atoms with E-state index in [-0.39, 0.29) is 5.91 Å². The molecule has 8 heteroatoms. The number of aryl methyl sites for hydroxylation is 3. The first kappa shape index (κ1) is 15.1. The molecule has 0 atom stereocenters. The van der Waals surface area contributed by atoms with Crippen LogP contribution in [0.4, 0.5) is 0 Å². The second kappa shape index (κ2) is 6.41. The highest BCUT2D eigenvalue weighted by Gasteiger charge is 2.09. The Kier molecular flexibility index (Phi) is 4.82. The minimum absolute atomic E-state index is 0.0495. The number of nitrogens with zero attached hydrogens (tertiary/aromatic N) is 4. The molecule has 0 spiro atoms. The number of hydrogen-bond donors (Lipinski definition) is 1. The Morgan fingerprint density at radius 2 is 2.30 bits per heavy atom. The fourth-order valence-corrected chi connectivity index (χ4v) is 2.28. The Morgan fingerprint density at radius 3 is 2.85 bits per heavy atom. The number of rotatable bonds is 5. The third-order valence-corrected chi connectivity index (χ3v) is 4.01. The van der Waals surface area contributed by atoms with Crippen LogP contribution in [0.5, 0.6) is 0 Å². The summed E-state index contributed by atoms with van der Waals surface area (Å²) in [6.07, 6.45) is 3.79. The van der Waals surface area contributed by atoms with Gasteiger partial charge in [-0.1, -0.05) is 11.6 Å². The Morgan fingerprint density at radius 1 is 1.55 bits per heavy atom. The number of aromatic nitrogens is 4. The molecule has 2 heterocycles. The molecule has 0 aliphatic heterocycles. The SMILES string of the molecule is Cc1nn(CCC(=O)NCc2c(Cl)cnn2C)cc1Br. The first-order chi connectivity index (χ1) is 9.47. The van der Waals surface area contributed by atoms with Crippen molar-refractivity contribution >= 4 is 33.4 Å². The van der Waals surface area contributed by atoms with E-state index in [9.17, 15) is 4.79 Å². The molecule has 1 N–H and O–H groups in total. The Bertz CT molecular complexity index is 582. The fourth-order valence-electron chi connectivity index (χ4n) is 1.73. The zero-order valence-electron chi connectivity index (χ0n) is 11.2. The summed E-state index contributed by atoms with van der Waals surface area (Å²) in [4.78, 5) is 11.8. The van der Waals surface area contributed by atoms with Crippen molar-refractivity contribution in [3.63, 3.8) is 0 Å². The molecule has 20 heavy (non-hydrogen) atoms. The lowest BCUT2D eigenvalue weighted by atomic mass is 10.3. The summed E-state index contributed by atoms with van der Waals surface area (Å²) >= 11 is 9.36. The standard InChI is InChI=1S/C12H15BrClN5O/c1-8-9(13)7-19(17-8)4-3-12(20)15-6-11-10(14)5-16-18(11)2/h5,7H,3-4,6H2,1-2H3,(H,15,20). The van der Waals surface area contributed by atoms with Crippen LogP contribution in [0.2, 0.25) is 5.02 Å². The van der Waals surface area contributed by atoms with Crippen molar-refractivity contribution in [2.75, 3.05) is 0 Å². The molecule has 0 aromatic carbocycles. The molecule has 0 saturated carbocycles. The lowest BCUT2D eigenvalue weighted by Crippen LogP contribution is -2.25. The lowest BCUT2D eigenvalue weighted by molar-refractivity contribution is -0.121. The van der Waals surface area contributed by atoms with E-state index in [2.05, 4.69) is 31.4 Å². The van der Waals surface area contributed by atoms with Crippen LogP contribution >= 0.6 is 27.5 Å². The lowest BCUT2D eigenvalue weighted by Gasteiger charge is -2.06. The van der Waals surface area contributed by atoms with E-state index in [0.717, 1.165) is 15.9 Å². The second-order valence-electron chi connectivity index (χ2n) is 4.42. The van der Waals surface area contributed by atoms with Crippen LogP contribution in [0, 0.1) is 6.92 Å². The van der Waals surface area contributed by atoms with Gasteiger partial charge < -0.3 is 5.32 Å². The maximum Gasteiger partial charge on any atom is 0.222 e. The van der Waals surface area contributed by atoms with Gasteiger partial charge in [0.25, 0.3) is 0 Å². The minimum Gasteiger partial charge on any atom is -0.350 e. The van der Waals surface area contributed by atoms with E-state index in [0.29, 0.717) is 24.5 Å². The maximum atomic E-state index is 11.8. The number of amides is 1. The van der Waals surface area contributed by atoms with E-state index in [1.807, 2.05) is 13.1 Å². The van der Waals surface area contributed by atoms with Gasteiger partial charge in [0.2, 0.25) is 5.91 Å². The van der Waals surface area contributed by atoms with Gasteiger partial charge in [-0.15, -0.1) is 0 Å². The van der Waals surface area contributed by atoms with Gasteiger partial charge in [-0.2, -0.15) is 10.2 Å². The third kappa shape index (κ3) is 3.61. The molecule has 0 bridgehead atoms. The summed E-state index contributed by atoms with van der Waals surface area (Å²) in [6, 6.07) is 0. The largest absolute Gasteiger partial charge is 0.350 e. The summed E-state index contributed by atoms with van der Waals surface area (Å²) in [5.41, 5.74) is 1.70. The average molecular weight is 361 g/mol. The van der Waals surface area contributed by atoms with Gasteiger partial charge in [-0.05, 0) is 22.9 Å². The van der Waals surface area contributed by atoms with Crippen LogP contribution in [-0.4, -0.2) is 25.5 Å². The number of halogens is 2. The predicted octanol–water partition coefficient (Wildman–Crippen LogP) is 2.05. The molecule has 0 aliphatic rings. The first-order valence-corrected chi connectivity index (χ1v) is 7.27. The molecule has 2 aromatic rings. The molecular formula is C12H15BrClN5O. The highest BCUT2D eigenvalue weighted by molar-refractivity contribution is 9.10. The molecule has 108 valence electrons. The molecule has 0 radical (unpaired) electrons. The zero-order chi connectivity index (χ0) is 14.7. The highest BCUT2D eigenvalue weighted by Crippen LogP contribution is 2.14. The smallest absolute Gasteiger partial charge is 0.222 e. The zero-order valence-corrected chi connectivity index (χ0v) is 13.6. The summed E-state index contributed by atoms with van der Waals surface area (Å²) in [6.45, 7) is 2.82. The fraction of sp³-hybridized carbons (Fsp3) is 0.417. The summed E-state index contributed by atoms with van der Waals surface area (Å²) in [5.74, 6) is -0.0495. The molecule has 0 aliphatic carbocycles. The van der Waals surface area contributed by atoms with E-state index in [1.165, 1.54) is 0 Å². The van der Waals surface area contributed by atoms with E-state index < -0.39 is 0 Å². The molecular weight excluding hydrogens is 346 g/mol. The Hall–Kier alpha value is -1.34. The van der Waals surface area contributed by atoms with Crippen molar-refractivity contribution in [2.45, 2.75) is 26.4 Å². The summed E-state index contributed by atoms with van der Waals surface area (Å²) < 4.78 is 4.34. The number of nitrogens with one attached hydrogen (secondary N) is 1. The van der Waals surface area contributed by atoms with Crippen LogP contribution in [0.1, 0.15) is 17.8 Å². The minimum atomic E-state index is -0.0495. The van der Waals surface area contributed by atoms with Gasteiger partial charge in [0, 0.05) is 26.2 Å². The van der Waals surface area contributed by atoms with Crippen molar-refractivity contribution in [2.24, 2.45) is 7.05 Å². The Balaban J connectivity index is 1.81. The molecule has 2 aromatic heterocycles. The van der Waals surface area contributed by atoms with Gasteiger partial charge in [0.05, 0.1) is 33.6 Å². The van der Waals surface area contributed by atoms with Crippen LogP contribution < -0.4 is 5.32 Å². The molecule has 0 saturated heterocycles.